The third kappa shape index (κ3) is 3.26. The minimum absolute atomic E-state index is 0.0120. The molecule has 0 atom stereocenters. The zero-order valence-electron chi connectivity index (χ0n) is 10.6. The van der Waals surface area contributed by atoms with Crippen LogP contribution in [0.5, 0.6) is 11.5 Å². The quantitative estimate of drug-likeness (QED) is 0.805. The van der Waals surface area contributed by atoms with Crippen molar-refractivity contribution in [2.45, 2.75) is 20.4 Å². The lowest BCUT2D eigenvalue weighted by atomic mass is 10.2. The Morgan fingerprint density at radius 2 is 1.74 bits per heavy atom. The lowest BCUT2D eigenvalue weighted by Gasteiger charge is -2.10. The van der Waals surface area contributed by atoms with E-state index in [9.17, 15) is 10.2 Å². The summed E-state index contributed by atoms with van der Waals surface area (Å²) in [6.45, 7) is 3.98. The van der Waals surface area contributed by atoms with Crippen molar-refractivity contribution in [3.8, 4) is 11.5 Å². The lowest BCUT2D eigenvalue weighted by molar-refractivity contribution is 0.449. The zero-order chi connectivity index (χ0) is 14.0. The number of halogens is 1. The van der Waals surface area contributed by atoms with Gasteiger partial charge in [0.15, 0.2) is 0 Å². The average Bonchev–Trinajstić information content (AvgIpc) is 2.30. The van der Waals surface area contributed by atoms with Gasteiger partial charge in [0.1, 0.15) is 28.2 Å². The van der Waals surface area contributed by atoms with Crippen molar-refractivity contribution in [3.63, 3.8) is 0 Å². The van der Waals surface area contributed by atoms with Gasteiger partial charge >= 0.3 is 0 Å². The van der Waals surface area contributed by atoms with Crippen molar-refractivity contribution in [2.75, 3.05) is 5.32 Å². The highest BCUT2D eigenvalue weighted by Crippen LogP contribution is 2.24. The second-order valence-corrected chi connectivity index (χ2v) is 4.61. The van der Waals surface area contributed by atoms with Crippen LogP contribution in [0, 0.1) is 13.8 Å². The van der Waals surface area contributed by atoms with E-state index in [2.05, 4.69) is 15.3 Å². The number of aryl methyl sites for hydroxylation is 2. The number of aromatic nitrogens is 2. The highest BCUT2D eigenvalue weighted by Gasteiger charge is 2.08. The van der Waals surface area contributed by atoms with Crippen molar-refractivity contribution in [2.24, 2.45) is 0 Å². The van der Waals surface area contributed by atoms with Crippen LogP contribution < -0.4 is 5.32 Å². The minimum atomic E-state index is 0.0120. The van der Waals surface area contributed by atoms with E-state index in [0.717, 1.165) is 5.56 Å². The first-order chi connectivity index (χ1) is 8.95. The van der Waals surface area contributed by atoms with E-state index >= 15 is 0 Å². The first kappa shape index (κ1) is 13.4. The van der Waals surface area contributed by atoms with Crippen LogP contribution >= 0.6 is 11.6 Å². The molecule has 2 aromatic rings. The number of rotatable bonds is 3. The zero-order valence-corrected chi connectivity index (χ0v) is 11.4. The van der Waals surface area contributed by atoms with Crippen LogP contribution in [0.2, 0.25) is 5.02 Å². The Morgan fingerprint density at radius 1 is 1.11 bits per heavy atom. The number of hydrogen-bond donors (Lipinski definition) is 3. The molecule has 0 bridgehead atoms. The molecule has 0 aliphatic carbocycles. The van der Waals surface area contributed by atoms with Gasteiger partial charge in [0.05, 0.1) is 5.69 Å². The molecule has 1 heterocycles. The molecule has 0 saturated carbocycles. The average molecular weight is 280 g/mol. The standard InChI is InChI=1S/C13H14ClN3O2/c1-7-12(14)13(17-8(2)16-7)15-6-9-3-10(18)5-11(19)4-9/h3-5,18-19H,6H2,1-2H3,(H,15,16,17). The van der Waals surface area contributed by atoms with Gasteiger partial charge in [-0.2, -0.15) is 0 Å². The van der Waals surface area contributed by atoms with Crippen molar-refractivity contribution in [1.82, 2.24) is 9.97 Å². The maximum Gasteiger partial charge on any atom is 0.149 e. The molecule has 0 saturated heterocycles. The van der Waals surface area contributed by atoms with Gasteiger partial charge in [0.2, 0.25) is 0 Å². The molecule has 5 nitrogen and oxygen atoms in total. The summed E-state index contributed by atoms with van der Waals surface area (Å²) >= 11 is 6.11. The van der Waals surface area contributed by atoms with Crippen LogP contribution in [0.3, 0.4) is 0 Å². The molecule has 0 unspecified atom stereocenters. The molecule has 0 radical (unpaired) electrons. The summed E-state index contributed by atoms with van der Waals surface area (Å²) in [7, 11) is 0. The lowest BCUT2D eigenvalue weighted by Crippen LogP contribution is -2.05. The molecule has 2 rings (SSSR count). The summed E-state index contributed by atoms with van der Waals surface area (Å²) in [5.41, 5.74) is 1.43. The van der Waals surface area contributed by atoms with Gasteiger partial charge in [0, 0.05) is 12.6 Å². The Bertz CT molecular complexity index is 597. The highest BCUT2D eigenvalue weighted by molar-refractivity contribution is 6.33. The maximum atomic E-state index is 9.39. The second-order valence-electron chi connectivity index (χ2n) is 4.23. The Balaban J connectivity index is 2.19. The van der Waals surface area contributed by atoms with Crippen LogP contribution in [0.25, 0.3) is 0 Å². The summed E-state index contributed by atoms with van der Waals surface area (Å²) in [6, 6.07) is 4.39. The van der Waals surface area contributed by atoms with Gasteiger partial charge in [0.25, 0.3) is 0 Å². The molecule has 0 aliphatic heterocycles. The van der Waals surface area contributed by atoms with Crippen LogP contribution in [-0.2, 0) is 6.54 Å². The number of aromatic hydroxyl groups is 2. The van der Waals surface area contributed by atoms with Crippen molar-refractivity contribution < 1.29 is 10.2 Å². The summed E-state index contributed by atoms with van der Waals surface area (Å²) in [4.78, 5) is 8.37. The first-order valence-corrected chi connectivity index (χ1v) is 6.10. The van der Waals surface area contributed by atoms with Gasteiger partial charge in [-0.25, -0.2) is 9.97 Å². The highest BCUT2D eigenvalue weighted by atomic mass is 35.5. The van der Waals surface area contributed by atoms with Gasteiger partial charge < -0.3 is 15.5 Å². The van der Waals surface area contributed by atoms with Gasteiger partial charge in [-0.05, 0) is 31.5 Å². The molecule has 0 spiro atoms. The molecular formula is C13H14ClN3O2. The second kappa shape index (κ2) is 5.32. The summed E-state index contributed by atoms with van der Waals surface area (Å²) < 4.78 is 0. The topological polar surface area (TPSA) is 78.3 Å². The minimum Gasteiger partial charge on any atom is -0.508 e. The van der Waals surface area contributed by atoms with E-state index in [1.54, 1.807) is 19.1 Å². The smallest absolute Gasteiger partial charge is 0.149 e. The summed E-state index contributed by atoms with van der Waals surface area (Å²) in [5.74, 6) is 1.19. The third-order valence-corrected chi connectivity index (χ3v) is 3.00. The van der Waals surface area contributed by atoms with E-state index in [0.29, 0.717) is 28.9 Å². The Hall–Kier alpha value is -2.01. The molecule has 100 valence electrons. The number of anilines is 1. The van der Waals surface area contributed by atoms with Crippen LogP contribution in [-0.4, -0.2) is 20.2 Å². The maximum absolute atomic E-state index is 9.39. The molecule has 1 aromatic heterocycles. The fraction of sp³-hybridized carbons (Fsp3) is 0.231. The van der Waals surface area contributed by atoms with Crippen molar-refractivity contribution >= 4 is 17.4 Å². The van der Waals surface area contributed by atoms with Crippen molar-refractivity contribution in [1.29, 1.82) is 0 Å². The number of phenols is 2. The number of nitrogens with zero attached hydrogens (tertiary/aromatic N) is 2. The van der Waals surface area contributed by atoms with E-state index in [1.165, 1.54) is 6.07 Å². The number of phenolic OH excluding ortho intramolecular Hbond substituents is 2. The molecule has 3 N–H and O–H groups in total. The van der Waals surface area contributed by atoms with Crippen LogP contribution in [0.15, 0.2) is 18.2 Å². The van der Waals surface area contributed by atoms with E-state index in [1.807, 2.05) is 6.92 Å². The van der Waals surface area contributed by atoms with Gasteiger partial charge in [-0.15, -0.1) is 0 Å². The van der Waals surface area contributed by atoms with E-state index < -0.39 is 0 Å². The summed E-state index contributed by atoms with van der Waals surface area (Å²) in [6.07, 6.45) is 0. The number of benzene rings is 1. The number of hydrogen-bond acceptors (Lipinski definition) is 5. The SMILES string of the molecule is Cc1nc(C)c(Cl)c(NCc2cc(O)cc(O)c2)n1. The Morgan fingerprint density at radius 3 is 2.37 bits per heavy atom. The van der Waals surface area contributed by atoms with E-state index in [4.69, 9.17) is 11.6 Å². The normalized spacial score (nSPS) is 10.5. The molecule has 0 aliphatic rings. The third-order valence-electron chi connectivity index (χ3n) is 2.55. The molecule has 0 amide bonds. The molecule has 0 fully saturated rings. The Labute approximate surface area is 115 Å². The monoisotopic (exact) mass is 279 g/mol. The fourth-order valence-electron chi connectivity index (χ4n) is 1.76. The first-order valence-electron chi connectivity index (χ1n) is 5.72. The molecule has 6 heteroatoms. The number of nitrogens with one attached hydrogen (secondary N) is 1. The van der Waals surface area contributed by atoms with Gasteiger partial charge in [-0.1, -0.05) is 11.6 Å². The van der Waals surface area contributed by atoms with E-state index in [-0.39, 0.29) is 11.5 Å². The molecular weight excluding hydrogens is 266 g/mol. The predicted molar refractivity (Wildman–Crippen MR) is 73.6 cm³/mol. The summed E-state index contributed by atoms with van der Waals surface area (Å²) in [5, 5.41) is 22.3. The van der Waals surface area contributed by atoms with Crippen LogP contribution in [0.1, 0.15) is 17.1 Å². The van der Waals surface area contributed by atoms with Crippen molar-refractivity contribution in [3.05, 3.63) is 40.3 Å². The predicted octanol–water partition coefficient (Wildman–Crippen LogP) is 2.77. The largest absolute Gasteiger partial charge is 0.508 e. The Kier molecular flexibility index (Phi) is 3.76. The fourth-order valence-corrected chi connectivity index (χ4v) is 1.91. The van der Waals surface area contributed by atoms with Crippen LogP contribution in [0.4, 0.5) is 5.82 Å². The molecule has 1 aromatic carbocycles. The molecule has 19 heavy (non-hydrogen) atoms. The van der Waals surface area contributed by atoms with Gasteiger partial charge in [-0.3, -0.25) is 0 Å².